The van der Waals surface area contributed by atoms with Crippen molar-refractivity contribution in [3.63, 3.8) is 0 Å². The van der Waals surface area contributed by atoms with Crippen LogP contribution in [0.3, 0.4) is 0 Å². The zero-order chi connectivity index (χ0) is 26.5. The van der Waals surface area contributed by atoms with Gasteiger partial charge in [0.25, 0.3) is 0 Å². The topological polar surface area (TPSA) is 107 Å². The van der Waals surface area contributed by atoms with E-state index in [1.165, 1.54) is 30.6 Å². The number of hydrogen-bond acceptors (Lipinski definition) is 7. The van der Waals surface area contributed by atoms with Gasteiger partial charge in [0.05, 0.1) is 19.2 Å². The van der Waals surface area contributed by atoms with E-state index in [0.717, 1.165) is 16.0 Å². The quantitative estimate of drug-likeness (QED) is 0.488. The Morgan fingerprint density at radius 3 is 2.57 bits per heavy atom. The van der Waals surface area contributed by atoms with Crippen LogP contribution in [0.15, 0.2) is 53.6 Å². The van der Waals surface area contributed by atoms with E-state index in [4.69, 9.17) is 9.73 Å². The summed E-state index contributed by atoms with van der Waals surface area (Å²) in [4.78, 5) is 31.1. The van der Waals surface area contributed by atoms with Gasteiger partial charge in [0.1, 0.15) is 23.0 Å². The van der Waals surface area contributed by atoms with E-state index in [1.54, 1.807) is 17.6 Å². The van der Waals surface area contributed by atoms with Gasteiger partial charge >= 0.3 is 11.9 Å². The molecule has 5 rings (SSSR count). The first-order valence-corrected chi connectivity index (χ1v) is 12.5. The van der Waals surface area contributed by atoms with Crippen LogP contribution in [0.4, 0.5) is 4.39 Å². The number of aromatic nitrogens is 3. The van der Waals surface area contributed by atoms with Crippen molar-refractivity contribution in [2.75, 3.05) is 7.11 Å². The Morgan fingerprint density at radius 2 is 1.92 bits per heavy atom. The summed E-state index contributed by atoms with van der Waals surface area (Å²) in [5.41, 5.74) is 0.586. The second kappa shape index (κ2) is 9.19. The van der Waals surface area contributed by atoms with Crippen LogP contribution in [0.1, 0.15) is 45.7 Å². The molecular weight excluding hydrogens is 495 g/mol. The number of aryl methyl sites for hydroxylation is 2. The standard InChI is InChI=1S/C27H25FN4O4S/c1-14-15(2)37-25-22(14)23(29-19(13-21(33)36-4)24-31-30-16(3)32(24)25)27(26(34)35)11-10-18(12-20(27)28)17-8-6-5-7-9-17/h5-12,19-20H,13H2,1-4H3,(H,34,35)/t19-,20?,27?/m0/s1. The first kappa shape index (κ1) is 24.8. The highest BCUT2D eigenvalue weighted by Gasteiger charge is 2.53. The average Bonchev–Trinajstić information content (AvgIpc) is 3.36. The van der Waals surface area contributed by atoms with E-state index in [1.807, 2.05) is 44.2 Å². The van der Waals surface area contributed by atoms with Gasteiger partial charge in [-0.05, 0) is 43.5 Å². The molecule has 2 aromatic heterocycles. The molecule has 0 amide bonds. The van der Waals surface area contributed by atoms with Crippen molar-refractivity contribution in [3.8, 4) is 5.00 Å². The Kier molecular flexibility index (Phi) is 6.15. The van der Waals surface area contributed by atoms with Crippen molar-refractivity contribution in [1.82, 2.24) is 14.8 Å². The van der Waals surface area contributed by atoms with Crippen molar-refractivity contribution in [1.29, 1.82) is 0 Å². The lowest BCUT2D eigenvalue weighted by Gasteiger charge is -2.33. The molecule has 190 valence electrons. The van der Waals surface area contributed by atoms with Crippen molar-refractivity contribution in [2.45, 2.75) is 39.4 Å². The summed E-state index contributed by atoms with van der Waals surface area (Å²) in [5, 5.41) is 19.7. The average molecular weight is 521 g/mol. The number of halogens is 1. The third-order valence-corrected chi connectivity index (χ3v) is 8.16. The number of methoxy groups -OCH3 is 1. The van der Waals surface area contributed by atoms with Gasteiger partial charge in [-0.25, -0.2) is 4.39 Å². The lowest BCUT2D eigenvalue weighted by Crippen LogP contribution is -2.47. The molecule has 1 aliphatic carbocycles. The number of fused-ring (bicyclic) bond motifs is 3. The Balaban J connectivity index is 1.77. The molecule has 3 heterocycles. The number of nitrogens with zero attached hydrogens (tertiary/aromatic N) is 4. The minimum Gasteiger partial charge on any atom is -0.480 e. The van der Waals surface area contributed by atoms with Crippen molar-refractivity contribution < 1.29 is 23.8 Å². The fourth-order valence-corrected chi connectivity index (χ4v) is 6.06. The number of carboxylic acid groups (broad SMARTS) is 1. The summed E-state index contributed by atoms with van der Waals surface area (Å²) in [6, 6.07) is 8.29. The predicted octanol–water partition coefficient (Wildman–Crippen LogP) is 4.72. The smallest absolute Gasteiger partial charge is 0.323 e. The Bertz CT molecular complexity index is 1500. The van der Waals surface area contributed by atoms with Gasteiger partial charge in [0.15, 0.2) is 11.2 Å². The molecule has 3 atom stereocenters. The van der Waals surface area contributed by atoms with Crippen molar-refractivity contribution in [3.05, 3.63) is 81.8 Å². The SMILES string of the molecule is COC(=O)C[C@@H]1N=C(C2(C(=O)O)C=CC(c3ccccc3)=CC2F)c2c(sc(C)c2C)-n2c(C)nnc21. The second-order valence-electron chi connectivity index (χ2n) is 9.08. The highest BCUT2D eigenvalue weighted by molar-refractivity contribution is 7.15. The number of aliphatic carboxylic acids is 1. The van der Waals surface area contributed by atoms with E-state index >= 15 is 4.39 Å². The molecule has 37 heavy (non-hydrogen) atoms. The van der Waals surface area contributed by atoms with Crippen LogP contribution in [0.5, 0.6) is 0 Å². The summed E-state index contributed by atoms with van der Waals surface area (Å²) in [5.74, 6) is -1.00. The lowest BCUT2D eigenvalue weighted by atomic mass is 9.71. The summed E-state index contributed by atoms with van der Waals surface area (Å²) >= 11 is 1.43. The van der Waals surface area contributed by atoms with Crippen LogP contribution in [-0.4, -0.2) is 50.8 Å². The summed E-state index contributed by atoms with van der Waals surface area (Å²) in [6.45, 7) is 5.55. The molecule has 3 aromatic rings. The van der Waals surface area contributed by atoms with Crippen LogP contribution in [0.2, 0.25) is 0 Å². The molecule has 0 spiro atoms. The van der Waals surface area contributed by atoms with E-state index < -0.39 is 29.6 Å². The Morgan fingerprint density at radius 1 is 1.19 bits per heavy atom. The maximum atomic E-state index is 16.3. The highest BCUT2D eigenvalue weighted by Crippen LogP contribution is 2.46. The number of ether oxygens (including phenoxy) is 1. The van der Waals surface area contributed by atoms with Crippen LogP contribution in [0.25, 0.3) is 10.6 Å². The fraction of sp³-hybridized carbons (Fsp3) is 0.296. The molecule has 2 unspecified atom stereocenters. The van der Waals surface area contributed by atoms with Gasteiger partial charge < -0.3 is 9.84 Å². The molecule has 0 bridgehead atoms. The van der Waals surface area contributed by atoms with Gasteiger partial charge in [-0.15, -0.1) is 21.5 Å². The number of carbonyl (C=O) groups is 2. The largest absolute Gasteiger partial charge is 0.480 e. The minimum absolute atomic E-state index is 0.0442. The third kappa shape index (κ3) is 3.83. The fourth-order valence-electron chi connectivity index (χ4n) is 4.84. The first-order chi connectivity index (χ1) is 17.7. The van der Waals surface area contributed by atoms with E-state index in [-0.39, 0.29) is 12.1 Å². The molecule has 0 saturated heterocycles. The summed E-state index contributed by atoms with van der Waals surface area (Å²) in [6.07, 6.45) is 2.20. The van der Waals surface area contributed by atoms with Crippen LogP contribution in [-0.2, 0) is 14.3 Å². The van der Waals surface area contributed by atoms with Crippen molar-refractivity contribution in [2.24, 2.45) is 10.4 Å². The normalized spacial score (nSPS) is 22.4. The molecule has 0 saturated carbocycles. The van der Waals surface area contributed by atoms with Gasteiger partial charge in [-0.1, -0.05) is 42.5 Å². The number of allylic oxidation sites excluding steroid dienone is 3. The minimum atomic E-state index is -2.12. The molecule has 0 radical (unpaired) electrons. The van der Waals surface area contributed by atoms with Crippen molar-refractivity contribution >= 4 is 34.6 Å². The first-order valence-electron chi connectivity index (χ1n) is 11.7. The van der Waals surface area contributed by atoms with Gasteiger partial charge in [-0.3, -0.25) is 19.1 Å². The molecular formula is C27H25FN4O4S. The number of benzene rings is 1. The Hall–Kier alpha value is -3.92. The maximum Gasteiger partial charge on any atom is 0.323 e. The number of aliphatic imine (C=N–C) groups is 1. The molecule has 10 heteroatoms. The molecule has 1 aliphatic heterocycles. The molecule has 8 nitrogen and oxygen atoms in total. The number of carbonyl (C=O) groups excluding carboxylic acids is 1. The van der Waals surface area contributed by atoms with E-state index in [2.05, 4.69) is 10.2 Å². The zero-order valence-corrected chi connectivity index (χ0v) is 21.5. The zero-order valence-electron chi connectivity index (χ0n) is 20.7. The number of rotatable bonds is 5. The number of thiophene rings is 1. The number of alkyl halides is 1. The van der Waals surface area contributed by atoms with E-state index in [9.17, 15) is 14.7 Å². The maximum absolute atomic E-state index is 16.3. The van der Waals surface area contributed by atoms with Crippen LogP contribution in [0, 0.1) is 26.2 Å². The van der Waals surface area contributed by atoms with Gasteiger partial charge in [0, 0.05) is 10.4 Å². The molecule has 0 fully saturated rings. The lowest BCUT2D eigenvalue weighted by molar-refractivity contribution is -0.144. The second-order valence-corrected chi connectivity index (χ2v) is 10.3. The molecule has 2 aliphatic rings. The Labute approximate surface area is 216 Å². The summed E-state index contributed by atoms with van der Waals surface area (Å²) in [7, 11) is 1.26. The predicted molar refractivity (Wildman–Crippen MR) is 138 cm³/mol. The van der Waals surface area contributed by atoms with Crippen LogP contribution < -0.4 is 0 Å². The molecule has 1 N–H and O–H groups in total. The van der Waals surface area contributed by atoms with Crippen LogP contribution >= 0.6 is 11.3 Å². The van der Waals surface area contributed by atoms with Gasteiger partial charge in [-0.2, -0.15) is 0 Å². The highest BCUT2D eigenvalue weighted by atomic mass is 32.1. The number of carboxylic acids is 1. The number of esters is 1. The number of hydrogen-bond donors (Lipinski definition) is 1. The molecule has 1 aromatic carbocycles. The van der Waals surface area contributed by atoms with E-state index in [0.29, 0.717) is 27.8 Å². The monoisotopic (exact) mass is 520 g/mol. The summed E-state index contributed by atoms with van der Waals surface area (Å²) < 4.78 is 23.0. The van der Waals surface area contributed by atoms with Gasteiger partial charge in [0.2, 0.25) is 0 Å². The third-order valence-electron chi connectivity index (χ3n) is 6.97.